The Kier molecular flexibility index (Phi) is 6.80. The maximum atomic E-state index is 13.0. The van der Waals surface area contributed by atoms with Crippen LogP contribution in [0.3, 0.4) is 0 Å². The fourth-order valence-electron chi connectivity index (χ4n) is 3.74. The molecule has 0 saturated carbocycles. The van der Waals surface area contributed by atoms with Gasteiger partial charge in [-0.15, -0.1) is 0 Å². The van der Waals surface area contributed by atoms with Crippen molar-refractivity contribution in [2.45, 2.75) is 31.6 Å². The highest BCUT2D eigenvalue weighted by Gasteiger charge is 2.26. The summed E-state index contributed by atoms with van der Waals surface area (Å²) in [5.74, 6) is -0.0434. The van der Waals surface area contributed by atoms with Crippen LogP contribution in [0.1, 0.15) is 44.7 Å². The number of sulfonamides is 1. The Labute approximate surface area is 182 Å². The second-order valence-electron chi connectivity index (χ2n) is 7.97. The van der Waals surface area contributed by atoms with Crippen molar-refractivity contribution in [3.8, 4) is 0 Å². The third kappa shape index (κ3) is 5.13. The maximum absolute atomic E-state index is 13.0. The van der Waals surface area contributed by atoms with Crippen molar-refractivity contribution in [1.82, 2.24) is 24.7 Å². The Morgan fingerprint density at radius 3 is 2.42 bits per heavy atom. The van der Waals surface area contributed by atoms with Crippen LogP contribution in [0.5, 0.6) is 0 Å². The highest BCUT2D eigenvalue weighted by molar-refractivity contribution is 7.89. The molecule has 0 unspecified atom stereocenters. The van der Waals surface area contributed by atoms with Crippen LogP contribution in [-0.4, -0.2) is 61.6 Å². The molecular formula is C21H29N5O4S. The number of piperidine rings is 1. The maximum Gasteiger partial charge on any atom is 0.254 e. The van der Waals surface area contributed by atoms with Crippen molar-refractivity contribution in [3.05, 3.63) is 46.8 Å². The van der Waals surface area contributed by atoms with E-state index in [1.54, 1.807) is 42.7 Å². The summed E-state index contributed by atoms with van der Waals surface area (Å²) >= 11 is 0. The van der Waals surface area contributed by atoms with Gasteiger partial charge in [0, 0.05) is 38.4 Å². The van der Waals surface area contributed by atoms with E-state index in [0.29, 0.717) is 36.3 Å². The molecule has 1 aliphatic rings. The quantitative estimate of drug-likeness (QED) is 0.691. The molecule has 2 amide bonds. The fourth-order valence-corrected chi connectivity index (χ4v) is 4.81. The molecule has 1 aromatic heterocycles. The van der Waals surface area contributed by atoms with Crippen molar-refractivity contribution in [2.24, 2.45) is 13.0 Å². The summed E-state index contributed by atoms with van der Waals surface area (Å²) in [6.07, 6.45) is 4.74. The van der Waals surface area contributed by atoms with Crippen LogP contribution < -0.4 is 10.0 Å². The van der Waals surface area contributed by atoms with Crippen LogP contribution >= 0.6 is 0 Å². The lowest BCUT2D eigenvalue weighted by molar-refractivity contribution is 0.0684. The van der Waals surface area contributed by atoms with Gasteiger partial charge in [-0.25, -0.2) is 13.1 Å². The number of aromatic nitrogens is 2. The molecule has 1 aromatic carbocycles. The minimum absolute atomic E-state index is 0.131. The van der Waals surface area contributed by atoms with Gasteiger partial charge in [0.1, 0.15) is 0 Å². The molecular weight excluding hydrogens is 418 g/mol. The molecule has 1 fully saturated rings. The summed E-state index contributed by atoms with van der Waals surface area (Å²) in [4.78, 5) is 27.1. The minimum Gasteiger partial charge on any atom is -0.352 e. The zero-order valence-corrected chi connectivity index (χ0v) is 19.1. The number of rotatable bonds is 6. The summed E-state index contributed by atoms with van der Waals surface area (Å²) < 4.78 is 28.5. The Hall–Kier alpha value is -2.72. The van der Waals surface area contributed by atoms with Crippen LogP contribution in [0, 0.1) is 19.8 Å². The molecule has 9 nitrogen and oxygen atoms in total. The molecule has 0 bridgehead atoms. The summed E-state index contributed by atoms with van der Waals surface area (Å²) in [6, 6.07) is 3.20. The van der Waals surface area contributed by atoms with Crippen molar-refractivity contribution < 1.29 is 18.0 Å². The Bertz CT molecular complexity index is 1090. The number of benzene rings is 1. The summed E-state index contributed by atoms with van der Waals surface area (Å²) in [7, 11) is -0.533. The van der Waals surface area contributed by atoms with Gasteiger partial charge in [0.2, 0.25) is 10.0 Å². The first-order valence-electron chi connectivity index (χ1n) is 10.2. The van der Waals surface area contributed by atoms with E-state index >= 15 is 0 Å². The number of hydrogen-bond acceptors (Lipinski definition) is 5. The molecule has 0 atom stereocenters. The highest BCUT2D eigenvalue weighted by atomic mass is 32.2. The third-order valence-electron chi connectivity index (χ3n) is 5.85. The molecule has 168 valence electrons. The first-order chi connectivity index (χ1) is 14.6. The van der Waals surface area contributed by atoms with Gasteiger partial charge >= 0.3 is 0 Å². The van der Waals surface area contributed by atoms with E-state index in [4.69, 9.17) is 0 Å². The van der Waals surface area contributed by atoms with Crippen molar-refractivity contribution in [1.29, 1.82) is 0 Å². The molecule has 10 heteroatoms. The fraction of sp³-hybridized carbons (Fsp3) is 0.476. The molecule has 0 aliphatic carbocycles. The van der Waals surface area contributed by atoms with Gasteiger partial charge < -0.3 is 10.2 Å². The standard InChI is InChI=1S/C21H29N5O4S/c1-14-9-17(10-19(15(14)2)31(29,30)22-3)21(28)26-7-5-16(6-8-26)11-23-20(27)18-12-24-25(4)13-18/h9-10,12-13,16,22H,5-8,11H2,1-4H3,(H,23,27). The van der Waals surface area contributed by atoms with E-state index in [1.807, 2.05) is 0 Å². The molecule has 31 heavy (non-hydrogen) atoms. The highest BCUT2D eigenvalue weighted by Crippen LogP contribution is 2.24. The van der Waals surface area contributed by atoms with Crippen LogP contribution in [-0.2, 0) is 17.1 Å². The lowest BCUT2D eigenvalue weighted by Crippen LogP contribution is -2.41. The Balaban J connectivity index is 1.61. The molecule has 1 aliphatic heterocycles. The second-order valence-corrected chi connectivity index (χ2v) is 9.83. The molecule has 0 radical (unpaired) electrons. The predicted octanol–water partition coefficient (Wildman–Crippen LogP) is 1.23. The van der Waals surface area contributed by atoms with Gasteiger partial charge in [-0.05, 0) is 62.9 Å². The second kappa shape index (κ2) is 9.19. The van der Waals surface area contributed by atoms with Gasteiger partial charge in [0.15, 0.2) is 0 Å². The SMILES string of the molecule is CNS(=O)(=O)c1cc(C(=O)N2CCC(CNC(=O)c3cnn(C)c3)CC2)cc(C)c1C. The minimum atomic E-state index is -3.65. The van der Waals surface area contributed by atoms with Crippen LogP contribution in [0.25, 0.3) is 0 Å². The van der Waals surface area contributed by atoms with E-state index in [-0.39, 0.29) is 22.6 Å². The largest absolute Gasteiger partial charge is 0.352 e. The number of likely N-dealkylation sites (tertiary alicyclic amines) is 1. The van der Waals surface area contributed by atoms with Crippen LogP contribution in [0.2, 0.25) is 0 Å². The van der Waals surface area contributed by atoms with Crippen LogP contribution in [0.4, 0.5) is 0 Å². The van der Waals surface area contributed by atoms with E-state index in [1.165, 1.54) is 19.3 Å². The van der Waals surface area contributed by atoms with Gasteiger partial charge in [0.25, 0.3) is 11.8 Å². The number of hydrogen-bond donors (Lipinski definition) is 2. The first-order valence-corrected chi connectivity index (χ1v) is 11.7. The molecule has 2 aromatic rings. The molecule has 3 rings (SSSR count). The number of carbonyl (C=O) groups excluding carboxylic acids is 2. The van der Waals surface area contributed by atoms with Gasteiger partial charge in [0.05, 0.1) is 16.7 Å². The molecule has 0 spiro atoms. The van der Waals surface area contributed by atoms with Crippen molar-refractivity contribution >= 4 is 21.8 Å². The van der Waals surface area contributed by atoms with E-state index in [2.05, 4.69) is 15.1 Å². The van der Waals surface area contributed by atoms with E-state index < -0.39 is 10.0 Å². The van der Waals surface area contributed by atoms with Gasteiger partial charge in [-0.1, -0.05) is 0 Å². The van der Waals surface area contributed by atoms with Gasteiger partial charge in [-0.3, -0.25) is 14.3 Å². The lowest BCUT2D eigenvalue weighted by atomic mass is 9.95. The molecule has 1 saturated heterocycles. The summed E-state index contributed by atoms with van der Waals surface area (Å²) in [5.41, 5.74) is 2.29. The number of aryl methyl sites for hydroxylation is 2. The van der Waals surface area contributed by atoms with Crippen molar-refractivity contribution in [3.63, 3.8) is 0 Å². The van der Waals surface area contributed by atoms with Crippen molar-refractivity contribution in [2.75, 3.05) is 26.7 Å². The monoisotopic (exact) mass is 447 g/mol. The van der Waals surface area contributed by atoms with Gasteiger partial charge in [-0.2, -0.15) is 5.10 Å². The summed E-state index contributed by atoms with van der Waals surface area (Å²) in [6.45, 7) is 5.21. The first kappa shape index (κ1) is 23.0. The molecule has 2 heterocycles. The zero-order chi connectivity index (χ0) is 22.8. The Morgan fingerprint density at radius 1 is 1.16 bits per heavy atom. The normalized spacial score (nSPS) is 15.2. The van der Waals surface area contributed by atoms with E-state index in [9.17, 15) is 18.0 Å². The zero-order valence-electron chi connectivity index (χ0n) is 18.3. The lowest BCUT2D eigenvalue weighted by Gasteiger charge is -2.32. The average molecular weight is 448 g/mol. The smallest absolute Gasteiger partial charge is 0.254 e. The number of carbonyl (C=O) groups is 2. The number of amides is 2. The topological polar surface area (TPSA) is 113 Å². The number of nitrogens with zero attached hydrogens (tertiary/aromatic N) is 3. The van der Waals surface area contributed by atoms with Crippen LogP contribution in [0.15, 0.2) is 29.4 Å². The number of nitrogens with one attached hydrogen (secondary N) is 2. The third-order valence-corrected chi connectivity index (χ3v) is 7.39. The molecule has 2 N–H and O–H groups in total. The summed E-state index contributed by atoms with van der Waals surface area (Å²) in [5, 5.41) is 6.93. The predicted molar refractivity (Wildman–Crippen MR) is 116 cm³/mol. The Morgan fingerprint density at radius 2 is 1.84 bits per heavy atom. The average Bonchev–Trinajstić information content (AvgIpc) is 3.20. The van der Waals surface area contributed by atoms with E-state index in [0.717, 1.165) is 18.4 Å².